The third-order valence-electron chi connectivity index (χ3n) is 2.50. The first-order valence-corrected chi connectivity index (χ1v) is 5.79. The lowest BCUT2D eigenvalue weighted by Gasteiger charge is -2.10. The number of rotatable bonds is 3. The van der Waals surface area contributed by atoms with Crippen LogP contribution in [-0.4, -0.2) is 0 Å². The quantitative estimate of drug-likeness (QED) is 0.628. The molecule has 1 atom stereocenters. The Morgan fingerprint density at radius 2 is 1.75 bits per heavy atom. The van der Waals surface area contributed by atoms with Crippen LogP contribution in [0.2, 0.25) is 0 Å². The summed E-state index contributed by atoms with van der Waals surface area (Å²) in [5.74, 6) is 0.586. The number of aryl methyl sites for hydroxylation is 1. The average molecular weight is 216 g/mol. The molecular weight excluding hydrogens is 192 g/mol. The van der Waals surface area contributed by atoms with Crippen LogP contribution in [0, 0.1) is 12.8 Å². The first kappa shape index (κ1) is 14.7. The molecule has 1 rings (SSSR count). The Morgan fingerprint density at radius 3 is 2.12 bits per heavy atom. The maximum absolute atomic E-state index is 3.97. The lowest BCUT2D eigenvalue weighted by atomic mass is 9.95. The molecule has 0 saturated carbocycles. The highest BCUT2D eigenvalue weighted by Gasteiger charge is 2.03. The van der Waals surface area contributed by atoms with Gasteiger partial charge in [-0.25, -0.2) is 0 Å². The minimum absolute atomic E-state index is 0.586. The molecule has 1 unspecified atom stereocenters. The van der Waals surface area contributed by atoms with Gasteiger partial charge in [0.2, 0.25) is 0 Å². The van der Waals surface area contributed by atoms with E-state index in [0.717, 1.165) is 6.42 Å². The predicted octanol–water partition coefficient (Wildman–Crippen LogP) is 4.94. The predicted molar refractivity (Wildman–Crippen MR) is 74.7 cm³/mol. The lowest BCUT2D eigenvalue weighted by Crippen LogP contribution is -1.99. The minimum Gasteiger partial charge on any atom is -0.103 e. The molecule has 0 aliphatic rings. The summed E-state index contributed by atoms with van der Waals surface area (Å²) in [5, 5.41) is 0. The Morgan fingerprint density at radius 1 is 1.31 bits per heavy atom. The zero-order chi connectivity index (χ0) is 12.6. The van der Waals surface area contributed by atoms with Crippen LogP contribution in [0.25, 0.3) is 0 Å². The van der Waals surface area contributed by atoms with Gasteiger partial charge in [-0.1, -0.05) is 55.0 Å². The Hall–Kier alpha value is -1.30. The molecule has 0 aliphatic heterocycles. The summed E-state index contributed by atoms with van der Waals surface area (Å²) in [6.45, 7) is 15.7. The highest BCUT2D eigenvalue weighted by molar-refractivity contribution is 5.22. The van der Waals surface area contributed by atoms with E-state index in [0.29, 0.717) is 5.92 Å². The number of hydrogen-bond donors (Lipinski definition) is 0. The highest BCUT2D eigenvalue weighted by Crippen LogP contribution is 2.14. The van der Waals surface area contributed by atoms with Gasteiger partial charge < -0.3 is 0 Å². The van der Waals surface area contributed by atoms with Crippen LogP contribution in [0.1, 0.15) is 31.9 Å². The SMILES string of the molecule is C=C(C)C(C)Cc1ccc(C)cc1.C=CC. The molecule has 0 heterocycles. The van der Waals surface area contributed by atoms with Crippen LogP contribution < -0.4 is 0 Å². The largest absolute Gasteiger partial charge is 0.103 e. The van der Waals surface area contributed by atoms with Crippen LogP contribution in [0.5, 0.6) is 0 Å². The number of allylic oxidation sites excluding steroid dienone is 2. The average Bonchev–Trinajstić information content (AvgIpc) is 2.22. The lowest BCUT2D eigenvalue weighted by molar-refractivity contribution is 0.680. The van der Waals surface area contributed by atoms with Gasteiger partial charge in [-0.15, -0.1) is 6.58 Å². The van der Waals surface area contributed by atoms with Crippen molar-refractivity contribution in [1.82, 2.24) is 0 Å². The molecule has 0 saturated heterocycles. The normalized spacial score (nSPS) is 11.0. The van der Waals surface area contributed by atoms with Crippen molar-refractivity contribution in [2.75, 3.05) is 0 Å². The molecule has 0 nitrogen and oxygen atoms in total. The molecule has 88 valence electrons. The van der Waals surface area contributed by atoms with Crippen LogP contribution in [0.15, 0.2) is 49.1 Å². The third-order valence-corrected chi connectivity index (χ3v) is 2.50. The Bertz CT molecular complexity index is 316. The summed E-state index contributed by atoms with van der Waals surface area (Å²) in [5.41, 5.74) is 3.99. The first-order valence-electron chi connectivity index (χ1n) is 5.79. The van der Waals surface area contributed by atoms with Crippen molar-refractivity contribution in [3.8, 4) is 0 Å². The monoisotopic (exact) mass is 216 g/mol. The Kier molecular flexibility index (Phi) is 7.28. The summed E-state index contributed by atoms with van der Waals surface area (Å²) in [4.78, 5) is 0. The molecule has 0 heteroatoms. The minimum atomic E-state index is 0.586. The van der Waals surface area contributed by atoms with Gasteiger partial charge in [0, 0.05) is 0 Å². The van der Waals surface area contributed by atoms with E-state index in [2.05, 4.69) is 58.2 Å². The van der Waals surface area contributed by atoms with Gasteiger partial charge in [-0.2, -0.15) is 0 Å². The molecule has 1 aromatic carbocycles. The third kappa shape index (κ3) is 6.23. The van der Waals surface area contributed by atoms with Crippen molar-refractivity contribution in [1.29, 1.82) is 0 Å². The van der Waals surface area contributed by atoms with Crippen LogP contribution in [0.3, 0.4) is 0 Å². The fourth-order valence-electron chi connectivity index (χ4n) is 1.25. The van der Waals surface area contributed by atoms with Crippen LogP contribution in [0.4, 0.5) is 0 Å². The Labute approximate surface area is 101 Å². The summed E-state index contributed by atoms with van der Waals surface area (Å²) in [7, 11) is 0. The summed E-state index contributed by atoms with van der Waals surface area (Å²) in [6, 6.07) is 8.74. The zero-order valence-corrected chi connectivity index (χ0v) is 11.1. The van der Waals surface area contributed by atoms with E-state index in [9.17, 15) is 0 Å². The smallest absolute Gasteiger partial charge is 0.0197 e. The molecule has 1 aromatic rings. The van der Waals surface area contributed by atoms with Gasteiger partial charge in [0.25, 0.3) is 0 Å². The molecule has 0 N–H and O–H groups in total. The fourth-order valence-corrected chi connectivity index (χ4v) is 1.25. The standard InChI is InChI=1S/C13H18.C3H6/c1-10(2)12(4)9-13-7-5-11(3)6-8-13;1-3-2/h5-8,12H,1,9H2,2-4H3;3H,1H2,2H3. The van der Waals surface area contributed by atoms with Gasteiger partial charge in [0.15, 0.2) is 0 Å². The first-order chi connectivity index (χ1) is 7.51. The second-order valence-electron chi connectivity index (χ2n) is 4.35. The van der Waals surface area contributed by atoms with Crippen molar-refractivity contribution in [2.45, 2.75) is 34.1 Å². The number of hydrogen-bond acceptors (Lipinski definition) is 0. The topological polar surface area (TPSA) is 0 Å². The van der Waals surface area contributed by atoms with Gasteiger partial charge in [0.1, 0.15) is 0 Å². The van der Waals surface area contributed by atoms with Gasteiger partial charge in [-0.3, -0.25) is 0 Å². The van der Waals surface area contributed by atoms with Crippen molar-refractivity contribution in [2.24, 2.45) is 5.92 Å². The molecule has 0 aliphatic carbocycles. The molecule has 0 spiro atoms. The molecule has 0 radical (unpaired) electrons. The summed E-state index contributed by atoms with van der Waals surface area (Å²) >= 11 is 0. The number of benzene rings is 1. The molecule has 16 heavy (non-hydrogen) atoms. The van der Waals surface area contributed by atoms with Crippen molar-refractivity contribution in [3.63, 3.8) is 0 Å². The van der Waals surface area contributed by atoms with Crippen LogP contribution >= 0.6 is 0 Å². The Balaban J connectivity index is 0.000000673. The fraction of sp³-hybridized carbons (Fsp3) is 0.375. The van der Waals surface area contributed by atoms with Crippen molar-refractivity contribution >= 4 is 0 Å². The van der Waals surface area contributed by atoms with E-state index in [1.807, 2.05) is 6.92 Å². The van der Waals surface area contributed by atoms with Gasteiger partial charge >= 0.3 is 0 Å². The second kappa shape index (κ2) is 7.92. The van der Waals surface area contributed by atoms with Crippen molar-refractivity contribution < 1.29 is 0 Å². The molecule has 0 bridgehead atoms. The van der Waals surface area contributed by atoms with Gasteiger partial charge in [-0.05, 0) is 38.7 Å². The van der Waals surface area contributed by atoms with E-state index < -0.39 is 0 Å². The van der Waals surface area contributed by atoms with E-state index in [-0.39, 0.29) is 0 Å². The van der Waals surface area contributed by atoms with Crippen LogP contribution in [-0.2, 0) is 6.42 Å². The summed E-state index contributed by atoms with van der Waals surface area (Å²) < 4.78 is 0. The zero-order valence-electron chi connectivity index (χ0n) is 11.1. The van der Waals surface area contributed by atoms with E-state index in [1.54, 1.807) is 6.08 Å². The highest BCUT2D eigenvalue weighted by atomic mass is 14.1. The van der Waals surface area contributed by atoms with E-state index in [4.69, 9.17) is 0 Å². The van der Waals surface area contributed by atoms with E-state index >= 15 is 0 Å². The summed E-state index contributed by atoms with van der Waals surface area (Å²) in [6.07, 6.45) is 2.86. The molecule has 0 aromatic heterocycles. The maximum atomic E-state index is 3.97. The molecular formula is C16H24. The molecule has 0 fully saturated rings. The van der Waals surface area contributed by atoms with Gasteiger partial charge in [0.05, 0.1) is 0 Å². The second-order valence-corrected chi connectivity index (χ2v) is 4.35. The molecule has 0 amide bonds. The van der Waals surface area contributed by atoms with E-state index in [1.165, 1.54) is 16.7 Å². The van der Waals surface area contributed by atoms with Crippen molar-refractivity contribution in [3.05, 3.63) is 60.2 Å². The maximum Gasteiger partial charge on any atom is -0.0197 e.